The number of amides is 2. The predicted molar refractivity (Wildman–Crippen MR) is 106 cm³/mol. The molecule has 2 amide bonds. The molecule has 1 unspecified atom stereocenters. The van der Waals surface area contributed by atoms with E-state index in [0.717, 1.165) is 16.6 Å². The van der Waals surface area contributed by atoms with E-state index in [1.54, 1.807) is 37.4 Å². The van der Waals surface area contributed by atoms with Gasteiger partial charge in [0, 0.05) is 30.6 Å². The summed E-state index contributed by atoms with van der Waals surface area (Å²) in [7, 11) is 1.57. The normalized spacial score (nSPS) is 19.8. The van der Waals surface area contributed by atoms with E-state index >= 15 is 0 Å². The van der Waals surface area contributed by atoms with Crippen LogP contribution in [-0.4, -0.2) is 41.4 Å². The molecule has 1 saturated heterocycles. The number of anilines is 1. The monoisotopic (exact) mass is 393 g/mol. The summed E-state index contributed by atoms with van der Waals surface area (Å²) >= 11 is 0. The van der Waals surface area contributed by atoms with Crippen LogP contribution in [0.3, 0.4) is 0 Å². The molecular formula is C22H20FN3O3. The van der Waals surface area contributed by atoms with E-state index in [0.29, 0.717) is 36.5 Å². The number of H-pyrrole nitrogens is 1. The second-order valence-corrected chi connectivity index (χ2v) is 7.45. The Hall–Kier alpha value is -3.19. The lowest BCUT2D eigenvalue weighted by Gasteiger charge is -2.31. The second-order valence-electron chi connectivity index (χ2n) is 7.45. The van der Waals surface area contributed by atoms with Crippen LogP contribution in [0.15, 0.2) is 42.5 Å². The van der Waals surface area contributed by atoms with Gasteiger partial charge in [-0.3, -0.25) is 14.5 Å². The van der Waals surface area contributed by atoms with Gasteiger partial charge in [0.05, 0.1) is 30.8 Å². The van der Waals surface area contributed by atoms with Crippen molar-refractivity contribution in [3.05, 3.63) is 59.5 Å². The number of fused-ring (bicyclic) bond motifs is 3. The molecule has 29 heavy (non-hydrogen) atoms. The Labute approximate surface area is 166 Å². The van der Waals surface area contributed by atoms with Gasteiger partial charge in [0.25, 0.3) is 5.91 Å². The molecule has 0 aliphatic carbocycles. The number of ether oxygens (including phenoxy) is 1. The van der Waals surface area contributed by atoms with E-state index in [1.807, 2.05) is 11.0 Å². The van der Waals surface area contributed by atoms with Crippen molar-refractivity contribution >= 4 is 28.4 Å². The molecule has 6 nitrogen and oxygen atoms in total. The highest BCUT2D eigenvalue weighted by Gasteiger charge is 2.43. The number of nitrogens with zero attached hydrogens (tertiary/aromatic N) is 2. The van der Waals surface area contributed by atoms with Gasteiger partial charge in [0.15, 0.2) is 0 Å². The predicted octanol–water partition coefficient (Wildman–Crippen LogP) is 3.01. The highest BCUT2D eigenvalue weighted by molar-refractivity contribution is 6.22. The Kier molecular flexibility index (Phi) is 4.13. The van der Waals surface area contributed by atoms with Gasteiger partial charge < -0.3 is 9.72 Å². The molecule has 0 bridgehead atoms. The van der Waals surface area contributed by atoms with E-state index in [-0.39, 0.29) is 24.1 Å². The number of halogens is 1. The quantitative estimate of drug-likeness (QED) is 0.695. The fraction of sp³-hybridized carbons (Fsp3) is 0.273. The molecule has 1 fully saturated rings. The van der Waals surface area contributed by atoms with Crippen LogP contribution in [0.4, 0.5) is 10.1 Å². The maximum Gasteiger partial charge on any atom is 0.251 e. The molecular weight excluding hydrogens is 373 g/mol. The number of carbonyl (C=O) groups is 2. The first-order valence-electron chi connectivity index (χ1n) is 9.59. The highest BCUT2D eigenvalue weighted by Crippen LogP contribution is 2.33. The summed E-state index contributed by atoms with van der Waals surface area (Å²) in [6, 6.07) is 11.4. The zero-order chi connectivity index (χ0) is 20.1. The Morgan fingerprint density at radius 3 is 2.69 bits per heavy atom. The molecule has 1 aromatic heterocycles. The van der Waals surface area contributed by atoms with Crippen LogP contribution >= 0.6 is 0 Å². The molecule has 0 saturated carbocycles. The number of aromatic amines is 1. The number of methoxy groups -OCH3 is 1. The molecule has 3 aromatic rings. The smallest absolute Gasteiger partial charge is 0.251 e. The number of nitrogens with one attached hydrogen (secondary N) is 1. The standard InChI is InChI=1S/C22H20FN3O3/c1-29-14-7-5-13(6-8-14)26-20(27)11-19(22(26)28)25-10-9-18-16(12-25)15-3-2-4-17(23)21(15)24-18/h2-8,19,24H,9-12H2,1H3. The number of imide groups is 1. The van der Waals surface area contributed by atoms with Crippen molar-refractivity contribution in [3.63, 3.8) is 0 Å². The van der Waals surface area contributed by atoms with Crippen molar-refractivity contribution in [2.45, 2.75) is 25.4 Å². The molecule has 1 N–H and O–H groups in total. The molecule has 3 heterocycles. The van der Waals surface area contributed by atoms with Crippen molar-refractivity contribution in [2.24, 2.45) is 0 Å². The molecule has 2 aliphatic rings. The fourth-order valence-corrected chi connectivity index (χ4v) is 4.39. The van der Waals surface area contributed by atoms with Crippen molar-refractivity contribution < 1.29 is 18.7 Å². The van der Waals surface area contributed by atoms with E-state index in [1.165, 1.54) is 11.0 Å². The third-order valence-corrected chi connectivity index (χ3v) is 5.88. The van der Waals surface area contributed by atoms with Gasteiger partial charge >= 0.3 is 0 Å². The van der Waals surface area contributed by atoms with Crippen LogP contribution < -0.4 is 9.64 Å². The first-order chi connectivity index (χ1) is 14.1. The minimum absolute atomic E-state index is 0.150. The Bertz CT molecular complexity index is 1120. The van der Waals surface area contributed by atoms with Gasteiger partial charge in [-0.15, -0.1) is 0 Å². The fourth-order valence-electron chi connectivity index (χ4n) is 4.39. The summed E-state index contributed by atoms with van der Waals surface area (Å²) in [5.74, 6) is -0.0312. The molecule has 0 spiro atoms. The number of hydrogen-bond acceptors (Lipinski definition) is 4. The van der Waals surface area contributed by atoms with Gasteiger partial charge in [0.2, 0.25) is 5.91 Å². The number of carbonyl (C=O) groups excluding carboxylic acids is 2. The van der Waals surface area contributed by atoms with Crippen LogP contribution in [0.25, 0.3) is 10.9 Å². The maximum atomic E-state index is 14.1. The summed E-state index contributed by atoms with van der Waals surface area (Å²) in [5.41, 5.74) is 3.07. The molecule has 148 valence electrons. The number of benzene rings is 2. The Balaban J connectivity index is 1.42. The summed E-state index contributed by atoms with van der Waals surface area (Å²) in [4.78, 5) is 32.2. The molecule has 1 atom stereocenters. The van der Waals surface area contributed by atoms with Crippen LogP contribution in [0.2, 0.25) is 0 Å². The van der Waals surface area contributed by atoms with E-state index in [2.05, 4.69) is 4.98 Å². The summed E-state index contributed by atoms with van der Waals surface area (Å²) in [5, 5.41) is 0.841. The van der Waals surface area contributed by atoms with Crippen LogP contribution in [-0.2, 0) is 22.6 Å². The average Bonchev–Trinajstić information content (AvgIpc) is 3.26. The van der Waals surface area contributed by atoms with Crippen molar-refractivity contribution in [2.75, 3.05) is 18.6 Å². The Morgan fingerprint density at radius 2 is 1.93 bits per heavy atom. The first kappa shape index (κ1) is 17.9. The number of hydrogen-bond donors (Lipinski definition) is 1. The van der Waals surface area contributed by atoms with Gasteiger partial charge in [-0.2, -0.15) is 0 Å². The minimum Gasteiger partial charge on any atom is -0.497 e. The van der Waals surface area contributed by atoms with Gasteiger partial charge in [-0.05, 0) is 35.9 Å². The third-order valence-electron chi connectivity index (χ3n) is 5.88. The Morgan fingerprint density at radius 1 is 1.14 bits per heavy atom. The third kappa shape index (κ3) is 2.81. The van der Waals surface area contributed by atoms with Crippen molar-refractivity contribution in [3.8, 4) is 5.75 Å². The molecule has 5 rings (SSSR count). The summed E-state index contributed by atoms with van der Waals surface area (Å²) < 4.78 is 19.3. The molecule has 7 heteroatoms. The first-order valence-corrected chi connectivity index (χ1v) is 9.59. The van der Waals surface area contributed by atoms with E-state index < -0.39 is 6.04 Å². The lowest BCUT2D eigenvalue weighted by molar-refractivity contribution is -0.123. The molecule has 2 aliphatic heterocycles. The zero-order valence-electron chi connectivity index (χ0n) is 15.9. The molecule has 0 radical (unpaired) electrons. The maximum absolute atomic E-state index is 14.1. The highest BCUT2D eigenvalue weighted by atomic mass is 19.1. The largest absolute Gasteiger partial charge is 0.497 e. The number of aromatic nitrogens is 1. The van der Waals surface area contributed by atoms with Crippen molar-refractivity contribution in [1.82, 2.24) is 9.88 Å². The summed E-state index contributed by atoms with van der Waals surface area (Å²) in [6.07, 6.45) is 0.834. The number of rotatable bonds is 3. The lowest BCUT2D eigenvalue weighted by Crippen LogP contribution is -2.44. The lowest BCUT2D eigenvalue weighted by atomic mass is 10.0. The second kappa shape index (κ2) is 6.70. The zero-order valence-corrected chi connectivity index (χ0v) is 15.9. The summed E-state index contributed by atoms with van der Waals surface area (Å²) in [6.45, 7) is 1.15. The van der Waals surface area contributed by atoms with Gasteiger partial charge in [-0.1, -0.05) is 12.1 Å². The van der Waals surface area contributed by atoms with Gasteiger partial charge in [-0.25, -0.2) is 9.29 Å². The topological polar surface area (TPSA) is 65.6 Å². The SMILES string of the molecule is COc1ccc(N2C(=O)CC(N3CCc4[nH]c5c(F)cccc5c4C3)C2=O)cc1. The average molecular weight is 393 g/mol. The van der Waals surface area contributed by atoms with Crippen molar-refractivity contribution in [1.29, 1.82) is 0 Å². The van der Waals surface area contributed by atoms with Crippen LogP contribution in [0.1, 0.15) is 17.7 Å². The van der Waals surface area contributed by atoms with E-state index in [4.69, 9.17) is 4.74 Å². The van der Waals surface area contributed by atoms with Crippen LogP contribution in [0.5, 0.6) is 5.75 Å². The molecule has 2 aromatic carbocycles. The van der Waals surface area contributed by atoms with Gasteiger partial charge in [0.1, 0.15) is 11.6 Å². The van der Waals surface area contributed by atoms with E-state index in [9.17, 15) is 14.0 Å². The number of para-hydroxylation sites is 1. The minimum atomic E-state index is -0.503. The van der Waals surface area contributed by atoms with Crippen LogP contribution in [0, 0.1) is 5.82 Å².